The third kappa shape index (κ3) is 2.97. The van der Waals surface area contributed by atoms with E-state index in [2.05, 4.69) is 20.9 Å². The van der Waals surface area contributed by atoms with E-state index in [4.69, 9.17) is 11.6 Å². The Kier molecular flexibility index (Phi) is 4.36. The normalized spacial score (nSPS) is 11.4. The van der Waals surface area contributed by atoms with E-state index < -0.39 is 10.0 Å². The largest absolute Gasteiger partial charge is 0.269 e. The van der Waals surface area contributed by atoms with Crippen LogP contribution in [0.25, 0.3) is 0 Å². The van der Waals surface area contributed by atoms with Gasteiger partial charge in [-0.2, -0.15) is 0 Å². The molecule has 0 aliphatic heterocycles. The molecule has 0 bridgehead atoms. The Hall–Kier alpha value is -1.11. The van der Waals surface area contributed by atoms with Gasteiger partial charge in [-0.3, -0.25) is 4.31 Å². The van der Waals surface area contributed by atoms with E-state index in [1.165, 1.54) is 23.6 Å². The van der Waals surface area contributed by atoms with Gasteiger partial charge in [-0.15, -0.1) is 0 Å². The van der Waals surface area contributed by atoms with Crippen LogP contribution in [0, 0.1) is 6.92 Å². The number of hydrogen-bond acceptors (Lipinski definition) is 3. The van der Waals surface area contributed by atoms with E-state index in [1.807, 2.05) is 19.1 Å². The van der Waals surface area contributed by atoms with Crippen LogP contribution in [0.15, 0.2) is 45.9 Å². The zero-order valence-electron chi connectivity index (χ0n) is 10.8. The molecule has 2 aromatic rings. The van der Waals surface area contributed by atoms with E-state index in [0.29, 0.717) is 10.2 Å². The van der Waals surface area contributed by atoms with Gasteiger partial charge in [0.05, 0.1) is 5.69 Å². The van der Waals surface area contributed by atoms with Gasteiger partial charge in [0, 0.05) is 17.7 Å². The van der Waals surface area contributed by atoms with Crippen molar-refractivity contribution in [1.29, 1.82) is 0 Å². The quantitative estimate of drug-likeness (QED) is 0.770. The molecule has 0 aliphatic rings. The van der Waals surface area contributed by atoms with Gasteiger partial charge in [0.2, 0.25) is 0 Å². The van der Waals surface area contributed by atoms with Crippen LogP contribution in [-0.2, 0) is 10.0 Å². The lowest BCUT2D eigenvalue weighted by Crippen LogP contribution is -2.27. The highest BCUT2D eigenvalue weighted by Gasteiger charge is 2.25. The minimum atomic E-state index is -3.75. The second-order valence-electron chi connectivity index (χ2n) is 4.25. The van der Waals surface area contributed by atoms with Crippen molar-refractivity contribution < 1.29 is 8.42 Å². The number of anilines is 1. The molecule has 0 atom stereocenters. The van der Waals surface area contributed by atoms with Crippen molar-refractivity contribution in [2.75, 3.05) is 11.4 Å². The summed E-state index contributed by atoms with van der Waals surface area (Å²) in [6.07, 6.45) is 1.45. The van der Waals surface area contributed by atoms with Gasteiger partial charge in [-0.05, 0) is 41.1 Å². The summed E-state index contributed by atoms with van der Waals surface area (Å²) in [5.41, 5.74) is 1.62. The minimum absolute atomic E-state index is 0.0309. The maximum Gasteiger partial charge on any atom is 0.267 e. The Morgan fingerprint density at radius 2 is 1.85 bits per heavy atom. The Morgan fingerprint density at radius 3 is 2.45 bits per heavy atom. The van der Waals surface area contributed by atoms with Crippen LogP contribution in [0.4, 0.5) is 5.69 Å². The first-order valence-electron chi connectivity index (χ1n) is 5.69. The number of aryl methyl sites for hydroxylation is 1. The summed E-state index contributed by atoms with van der Waals surface area (Å²) < 4.78 is 26.9. The molecule has 20 heavy (non-hydrogen) atoms. The monoisotopic (exact) mass is 374 g/mol. The van der Waals surface area contributed by atoms with Gasteiger partial charge in [0.1, 0.15) is 10.0 Å². The van der Waals surface area contributed by atoms with E-state index in [0.717, 1.165) is 5.56 Å². The summed E-state index contributed by atoms with van der Waals surface area (Å²) >= 11 is 9.10. The van der Waals surface area contributed by atoms with Crippen molar-refractivity contribution in [3.63, 3.8) is 0 Å². The van der Waals surface area contributed by atoms with Crippen molar-refractivity contribution in [2.24, 2.45) is 0 Å². The third-order valence-corrected chi connectivity index (χ3v) is 5.46. The van der Waals surface area contributed by atoms with Gasteiger partial charge in [0.15, 0.2) is 0 Å². The molecule has 0 saturated carbocycles. The van der Waals surface area contributed by atoms with Crippen LogP contribution < -0.4 is 4.31 Å². The molecule has 0 unspecified atom stereocenters. The average Bonchev–Trinajstić information content (AvgIpc) is 2.41. The smallest absolute Gasteiger partial charge is 0.267 e. The second-order valence-corrected chi connectivity index (χ2v) is 7.46. The van der Waals surface area contributed by atoms with Crippen molar-refractivity contribution in [3.8, 4) is 0 Å². The van der Waals surface area contributed by atoms with Crippen molar-refractivity contribution in [2.45, 2.75) is 11.8 Å². The number of aromatic nitrogens is 1. The summed E-state index contributed by atoms with van der Waals surface area (Å²) in [7, 11) is -2.27. The standard InChI is InChI=1S/C13H12BrClN2O2S/c1-9-3-5-11(6-4-9)17(2)20(18,19)12-7-10(14)8-16-13(12)15/h3-8H,1-2H3. The van der Waals surface area contributed by atoms with Crippen LogP contribution in [0.3, 0.4) is 0 Å². The molecule has 4 nitrogen and oxygen atoms in total. The highest BCUT2D eigenvalue weighted by atomic mass is 79.9. The van der Waals surface area contributed by atoms with Crippen LogP contribution in [0.5, 0.6) is 0 Å². The van der Waals surface area contributed by atoms with Gasteiger partial charge >= 0.3 is 0 Å². The summed E-state index contributed by atoms with van der Waals surface area (Å²) in [4.78, 5) is 3.82. The summed E-state index contributed by atoms with van der Waals surface area (Å²) in [6.45, 7) is 1.94. The fourth-order valence-corrected chi connectivity index (χ4v) is 3.74. The van der Waals surface area contributed by atoms with E-state index in [-0.39, 0.29) is 10.0 Å². The van der Waals surface area contributed by atoms with E-state index in [9.17, 15) is 8.42 Å². The first-order chi connectivity index (χ1) is 9.32. The number of halogens is 2. The lowest BCUT2D eigenvalue weighted by molar-refractivity contribution is 0.594. The molecule has 0 amide bonds. The first-order valence-corrected chi connectivity index (χ1v) is 8.30. The fraction of sp³-hybridized carbons (Fsp3) is 0.154. The molecular weight excluding hydrogens is 364 g/mol. The minimum Gasteiger partial charge on any atom is -0.269 e. The van der Waals surface area contributed by atoms with Crippen molar-refractivity contribution in [3.05, 3.63) is 51.7 Å². The highest BCUT2D eigenvalue weighted by Crippen LogP contribution is 2.28. The van der Waals surface area contributed by atoms with Crippen LogP contribution >= 0.6 is 27.5 Å². The Labute approximate surface area is 131 Å². The number of pyridine rings is 1. The lowest BCUT2D eigenvalue weighted by atomic mass is 10.2. The molecule has 7 heteroatoms. The van der Waals surface area contributed by atoms with Crippen LogP contribution in [0.2, 0.25) is 5.15 Å². The zero-order valence-corrected chi connectivity index (χ0v) is 14.0. The highest BCUT2D eigenvalue weighted by molar-refractivity contribution is 9.10. The maximum atomic E-state index is 12.6. The maximum absolute atomic E-state index is 12.6. The van der Waals surface area contributed by atoms with Gasteiger partial charge in [-0.25, -0.2) is 13.4 Å². The molecule has 1 heterocycles. The van der Waals surface area contributed by atoms with Crippen LogP contribution in [0.1, 0.15) is 5.56 Å². The summed E-state index contributed by atoms with van der Waals surface area (Å²) in [6, 6.07) is 8.62. The predicted molar refractivity (Wildman–Crippen MR) is 83.7 cm³/mol. The van der Waals surface area contributed by atoms with Crippen molar-refractivity contribution >= 4 is 43.2 Å². The molecule has 106 valence electrons. The fourth-order valence-electron chi connectivity index (χ4n) is 1.63. The number of rotatable bonds is 3. The Morgan fingerprint density at radius 1 is 1.25 bits per heavy atom. The second kappa shape index (κ2) is 5.71. The molecule has 0 fully saturated rings. The number of hydrogen-bond donors (Lipinski definition) is 0. The molecule has 2 rings (SSSR count). The summed E-state index contributed by atoms with van der Waals surface area (Å²) in [5.74, 6) is 0. The third-order valence-electron chi connectivity index (χ3n) is 2.81. The topological polar surface area (TPSA) is 50.3 Å². The van der Waals surface area contributed by atoms with Crippen LogP contribution in [-0.4, -0.2) is 20.4 Å². The number of nitrogens with zero attached hydrogens (tertiary/aromatic N) is 2. The molecule has 1 aromatic carbocycles. The number of benzene rings is 1. The van der Waals surface area contributed by atoms with Gasteiger partial charge in [-0.1, -0.05) is 29.3 Å². The molecule has 0 aliphatic carbocycles. The molecule has 0 spiro atoms. The molecule has 0 radical (unpaired) electrons. The average molecular weight is 376 g/mol. The number of sulfonamides is 1. The Bertz CT molecular complexity index is 733. The molecular formula is C13H12BrClN2O2S. The van der Waals surface area contributed by atoms with E-state index >= 15 is 0 Å². The zero-order chi connectivity index (χ0) is 14.9. The molecule has 0 saturated heterocycles. The molecule has 0 N–H and O–H groups in total. The lowest BCUT2D eigenvalue weighted by Gasteiger charge is -2.20. The SMILES string of the molecule is Cc1ccc(N(C)S(=O)(=O)c2cc(Br)cnc2Cl)cc1. The first kappa shape index (κ1) is 15.3. The van der Waals surface area contributed by atoms with E-state index in [1.54, 1.807) is 12.1 Å². The van der Waals surface area contributed by atoms with Gasteiger partial charge < -0.3 is 0 Å². The van der Waals surface area contributed by atoms with Gasteiger partial charge in [0.25, 0.3) is 10.0 Å². The predicted octanol–water partition coefficient (Wildman–Crippen LogP) is 3.63. The van der Waals surface area contributed by atoms with Crippen molar-refractivity contribution in [1.82, 2.24) is 4.98 Å². The Balaban J connectivity index is 2.49. The molecule has 1 aromatic heterocycles. The summed E-state index contributed by atoms with van der Waals surface area (Å²) in [5, 5.41) is -0.0489.